The van der Waals surface area contributed by atoms with Crippen LogP contribution >= 0.6 is 0 Å². The van der Waals surface area contributed by atoms with Gasteiger partial charge in [-0.15, -0.1) is 6.58 Å². The van der Waals surface area contributed by atoms with Gasteiger partial charge in [-0.2, -0.15) is 0 Å². The van der Waals surface area contributed by atoms with Crippen LogP contribution in [0.5, 0.6) is 0 Å². The fourth-order valence-electron chi connectivity index (χ4n) is 2.75. The molecule has 0 aromatic rings. The number of rotatable bonds is 9. The highest BCUT2D eigenvalue weighted by Crippen LogP contribution is 2.49. The first kappa shape index (κ1) is 22.4. The number of methoxy groups -OCH3 is 4. The third kappa shape index (κ3) is 3.57. The van der Waals surface area contributed by atoms with E-state index in [-0.39, 0.29) is 6.42 Å². The molecule has 0 aliphatic heterocycles. The molecule has 0 bridgehead atoms. The van der Waals surface area contributed by atoms with E-state index in [9.17, 15) is 19.2 Å². The molecule has 0 aliphatic carbocycles. The lowest BCUT2D eigenvalue weighted by Gasteiger charge is -2.41. The van der Waals surface area contributed by atoms with Crippen LogP contribution in [-0.4, -0.2) is 52.3 Å². The molecule has 25 heavy (non-hydrogen) atoms. The Hall–Kier alpha value is -2.64. The summed E-state index contributed by atoms with van der Waals surface area (Å²) in [5.74, 6) is -4.54. The van der Waals surface area contributed by atoms with Crippen LogP contribution in [0, 0.1) is 10.8 Å². The van der Waals surface area contributed by atoms with E-state index >= 15 is 0 Å². The molecule has 0 rings (SSSR count). The first-order valence-corrected chi connectivity index (χ1v) is 7.36. The summed E-state index contributed by atoms with van der Waals surface area (Å²) in [6, 6.07) is 0. The van der Waals surface area contributed by atoms with E-state index in [1.54, 1.807) is 13.0 Å². The van der Waals surface area contributed by atoms with Crippen LogP contribution in [0.4, 0.5) is 0 Å². The molecule has 0 saturated carbocycles. The summed E-state index contributed by atoms with van der Waals surface area (Å²) < 4.78 is 19.0. The number of allylic oxidation sites excluding steroid dienone is 3. The molecule has 0 fully saturated rings. The summed E-state index contributed by atoms with van der Waals surface area (Å²) in [7, 11) is 4.11. The summed E-state index contributed by atoms with van der Waals surface area (Å²) in [5, 5.41) is 0. The van der Waals surface area contributed by atoms with Crippen molar-refractivity contribution < 1.29 is 38.1 Å². The minimum atomic E-state index is -2.36. The van der Waals surface area contributed by atoms with Gasteiger partial charge in [0, 0.05) is 0 Å². The van der Waals surface area contributed by atoms with Gasteiger partial charge in [0.2, 0.25) is 0 Å². The van der Waals surface area contributed by atoms with Crippen molar-refractivity contribution in [3.05, 3.63) is 24.8 Å². The smallest absolute Gasteiger partial charge is 0.325 e. The van der Waals surface area contributed by atoms with Crippen LogP contribution in [0.2, 0.25) is 0 Å². The molecule has 0 radical (unpaired) electrons. The number of carbonyl (C=O) groups excluding carboxylic acids is 4. The largest absolute Gasteiger partial charge is 0.468 e. The second kappa shape index (κ2) is 9.61. The highest BCUT2D eigenvalue weighted by Gasteiger charge is 2.71. The minimum Gasteiger partial charge on any atom is -0.468 e. The van der Waals surface area contributed by atoms with E-state index in [0.717, 1.165) is 28.4 Å². The Kier molecular flexibility index (Phi) is 8.59. The van der Waals surface area contributed by atoms with Gasteiger partial charge in [0.1, 0.15) is 0 Å². The SMILES string of the molecule is C=CCC(C(=O)OC)(C(=O)OC)C(C/C=C/C)(C(=O)OC)C(=O)OC. The molecule has 0 N–H and O–H groups in total. The molecule has 0 saturated heterocycles. The highest BCUT2D eigenvalue weighted by atomic mass is 16.6. The first-order chi connectivity index (χ1) is 11.8. The molecule has 0 heterocycles. The second-order valence-electron chi connectivity index (χ2n) is 5.04. The highest BCUT2D eigenvalue weighted by molar-refractivity contribution is 6.14. The van der Waals surface area contributed by atoms with Gasteiger partial charge in [-0.05, 0) is 19.8 Å². The lowest BCUT2D eigenvalue weighted by molar-refractivity contribution is -0.199. The van der Waals surface area contributed by atoms with Crippen molar-refractivity contribution in [3.63, 3.8) is 0 Å². The summed E-state index contributed by atoms with van der Waals surface area (Å²) in [6.45, 7) is 5.15. The molecule has 0 aromatic heterocycles. The van der Waals surface area contributed by atoms with E-state index in [1.807, 2.05) is 0 Å². The first-order valence-electron chi connectivity index (χ1n) is 7.36. The van der Waals surface area contributed by atoms with Crippen LogP contribution in [0.3, 0.4) is 0 Å². The average Bonchev–Trinajstić information content (AvgIpc) is 2.64. The average molecular weight is 356 g/mol. The lowest BCUT2D eigenvalue weighted by atomic mass is 9.59. The van der Waals surface area contributed by atoms with E-state index in [2.05, 4.69) is 6.58 Å². The fourth-order valence-corrected chi connectivity index (χ4v) is 2.75. The molecule has 0 aromatic carbocycles. The van der Waals surface area contributed by atoms with Crippen molar-refractivity contribution in [2.45, 2.75) is 19.8 Å². The maximum Gasteiger partial charge on any atom is 0.325 e. The van der Waals surface area contributed by atoms with Crippen LogP contribution in [-0.2, 0) is 38.1 Å². The second-order valence-corrected chi connectivity index (χ2v) is 5.04. The van der Waals surface area contributed by atoms with Crippen molar-refractivity contribution in [1.29, 1.82) is 0 Å². The third-order valence-electron chi connectivity index (χ3n) is 3.97. The Labute approximate surface area is 146 Å². The Balaban J connectivity index is 7.15. The molecule has 0 aliphatic rings. The normalized spacial score (nSPS) is 11.6. The molecule has 0 spiro atoms. The molecule has 0 amide bonds. The number of esters is 4. The summed E-state index contributed by atoms with van der Waals surface area (Å²) >= 11 is 0. The molecule has 140 valence electrons. The van der Waals surface area contributed by atoms with E-state index in [4.69, 9.17) is 18.9 Å². The Morgan fingerprint density at radius 2 is 1.08 bits per heavy atom. The summed E-state index contributed by atoms with van der Waals surface area (Å²) in [4.78, 5) is 50.7. The maximum absolute atomic E-state index is 12.7. The zero-order valence-electron chi connectivity index (χ0n) is 15.1. The third-order valence-corrected chi connectivity index (χ3v) is 3.97. The van der Waals surface area contributed by atoms with Crippen molar-refractivity contribution >= 4 is 23.9 Å². The van der Waals surface area contributed by atoms with Crippen molar-refractivity contribution in [2.75, 3.05) is 28.4 Å². The standard InChI is InChI=1S/C17H24O8/c1-7-9-11-17(14(20)24-5,15(21)25-6)16(10-8-2,12(18)22-3)13(19)23-4/h7-9H,2,10-11H2,1,3-6H3/b9-7+. The van der Waals surface area contributed by atoms with Crippen LogP contribution in [0.1, 0.15) is 19.8 Å². The van der Waals surface area contributed by atoms with Crippen molar-refractivity contribution in [3.8, 4) is 0 Å². The van der Waals surface area contributed by atoms with Crippen molar-refractivity contribution in [1.82, 2.24) is 0 Å². The quantitative estimate of drug-likeness (QED) is 0.263. The molecular formula is C17H24O8. The van der Waals surface area contributed by atoms with Gasteiger partial charge in [0.05, 0.1) is 28.4 Å². The van der Waals surface area contributed by atoms with Gasteiger partial charge in [-0.1, -0.05) is 18.2 Å². The number of carbonyl (C=O) groups is 4. The molecule has 8 heteroatoms. The predicted molar refractivity (Wildman–Crippen MR) is 87.2 cm³/mol. The lowest BCUT2D eigenvalue weighted by Crippen LogP contribution is -2.62. The van der Waals surface area contributed by atoms with Gasteiger partial charge in [0.15, 0.2) is 10.8 Å². The number of hydrogen-bond acceptors (Lipinski definition) is 8. The Morgan fingerprint density at radius 3 is 1.32 bits per heavy atom. The van der Waals surface area contributed by atoms with Crippen LogP contribution in [0.15, 0.2) is 24.8 Å². The molecular weight excluding hydrogens is 332 g/mol. The van der Waals surface area contributed by atoms with Gasteiger partial charge in [-0.3, -0.25) is 19.2 Å². The summed E-state index contributed by atoms with van der Waals surface area (Å²) in [5.41, 5.74) is -4.71. The number of hydrogen-bond donors (Lipinski definition) is 0. The zero-order valence-corrected chi connectivity index (χ0v) is 15.1. The van der Waals surface area contributed by atoms with Crippen LogP contribution < -0.4 is 0 Å². The predicted octanol–water partition coefficient (Wildman–Crippen LogP) is 1.19. The fraction of sp³-hybridized carbons (Fsp3) is 0.529. The topological polar surface area (TPSA) is 105 Å². The minimum absolute atomic E-state index is 0.346. The van der Waals surface area contributed by atoms with Gasteiger partial charge >= 0.3 is 23.9 Å². The Bertz CT molecular complexity index is 529. The summed E-state index contributed by atoms with van der Waals surface area (Å²) in [6.07, 6.45) is 3.45. The van der Waals surface area contributed by atoms with Crippen LogP contribution in [0.25, 0.3) is 0 Å². The number of ether oxygens (including phenoxy) is 4. The van der Waals surface area contributed by atoms with Crippen molar-refractivity contribution in [2.24, 2.45) is 10.8 Å². The molecule has 8 nitrogen and oxygen atoms in total. The zero-order chi connectivity index (χ0) is 19.7. The van der Waals surface area contributed by atoms with Gasteiger partial charge in [-0.25, -0.2) is 0 Å². The van der Waals surface area contributed by atoms with Gasteiger partial charge in [0.25, 0.3) is 0 Å². The molecule has 0 atom stereocenters. The monoisotopic (exact) mass is 356 g/mol. The Morgan fingerprint density at radius 1 is 0.760 bits per heavy atom. The van der Waals surface area contributed by atoms with E-state index < -0.39 is 41.1 Å². The van der Waals surface area contributed by atoms with E-state index in [1.165, 1.54) is 12.2 Å². The maximum atomic E-state index is 12.7. The van der Waals surface area contributed by atoms with Gasteiger partial charge < -0.3 is 18.9 Å². The van der Waals surface area contributed by atoms with E-state index in [0.29, 0.717) is 0 Å². The molecule has 0 unspecified atom stereocenters.